The maximum absolute atomic E-state index is 13.4. The molecule has 0 N–H and O–H groups in total. The summed E-state index contributed by atoms with van der Waals surface area (Å²) in [5.74, 6) is -0.570. The standard InChI is InChI=1S/C31H29F3N2O5/c1-5-39-28(37)16-13-24-25-17-20(26-14-8-21(18-35-26)31(32,33)34)7-15-27(25)36(29(24)30(38)40-6-2)22-9-11-23(12-10-22)41-19(3)4/h7-19H,5-6H2,1-4H3. The van der Waals surface area contributed by atoms with Gasteiger partial charge in [-0.3, -0.25) is 4.98 Å². The van der Waals surface area contributed by atoms with E-state index in [-0.39, 0.29) is 25.0 Å². The molecule has 214 valence electrons. The summed E-state index contributed by atoms with van der Waals surface area (Å²) >= 11 is 0. The Morgan fingerprint density at radius 3 is 2.27 bits per heavy atom. The summed E-state index contributed by atoms with van der Waals surface area (Å²) in [5.41, 5.74) is 1.74. The fourth-order valence-electron chi connectivity index (χ4n) is 4.33. The third-order valence-corrected chi connectivity index (χ3v) is 6.00. The first-order valence-electron chi connectivity index (χ1n) is 13.0. The van der Waals surface area contributed by atoms with Crippen LogP contribution in [0.2, 0.25) is 0 Å². The second-order valence-corrected chi connectivity index (χ2v) is 9.23. The Hall–Kier alpha value is -4.60. The van der Waals surface area contributed by atoms with E-state index in [0.29, 0.717) is 39.2 Å². The Labute approximate surface area is 235 Å². The lowest BCUT2D eigenvalue weighted by molar-refractivity contribution is -0.138. The number of fused-ring (bicyclic) bond motifs is 1. The highest BCUT2D eigenvalue weighted by molar-refractivity contribution is 6.06. The summed E-state index contributed by atoms with van der Waals surface area (Å²) < 4.78 is 57.1. The van der Waals surface area contributed by atoms with E-state index in [1.165, 1.54) is 18.2 Å². The largest absolute Gasteiger partial charge is 0.491 e. The molecule has 0 aliphatic heterocycles. The van der Waals surface area contributed by atoms with Crippen LogP contribution in [0.5, 0.6) is 5.75 Å². The predicted octanol–water partition coefficient (Wildman–Crippen LogP) is 7.25. The number of benzene rings is 2. The summed E-state index contributed by atoms with van der Waals surface area (Å²) in [6, 6.07) is 14.6. The highest BCUT2D eigenvalue weighted by Gasteiger charge is 2.31. The lowest BCUT2D eigenvalue weighted by Gasteiger charge is -2.13. The summed E-state index contributed by atoms with van der Waals surface area (Å²) in [5, 5.41) is 0.551. The van der Waals surface area contributed by atoms with Crippen molar-refractivity contribution in [1.29, 1.82) is 0 Å². The number of pyridine rings is 1. The van der Waals surface area contributed by atoms with Crippen LogP contribution < -0.4 is 4.74 Å². The number of hydrogen-bond acceptors (Lipinski definition) is 6. The molecule has 7 nitrogen and oxygen atoms in total. The maximum Gasteiger partial charge on any atom is 0.417 e. The highest BCUT2D eigenvalue weighted by atomic mass is 19.4. The molecule has 2 aromatic heterocycles. The molecular weight excluding hydrogens is 537 g/mol. The van der Waals surface area contributed by atoms with E-state index >= 15 is 0 Å². The van der Waals surface area contributed by atoms with E-state index in [0.717, 1.165) is 12.3 Å². The number of carbonyl (C=O) groups is 2. The third kappa shape index (κ3) is 6.59. The van der Waals surface area contributed by atoms with Gasteiger partial charge in [0, 0.05) is 34.5 Å². The van der Waals surface area contributed by atoms with Gasteiger partial charge in [0.15, 0.2) is 0 Å². The highest BCUT2D eigenvalue weighted by Crippen LogP contribution is 2.36. The van der Waals surface area contributed by atoms with E-state index in [2.05, 4.69) is 4.98 Å². The number of nitrogens with zero attached hydrogens (tertiary/aromatic N) is 2. The molecule has 41 heavy (non-hydrogen) atoms. The molecule has 0 amide bonds. The average Bonchev–Trinajstić information content (AvgIpc) is 3.25. The zero-order valence-corrected chi connectivity index (χ0v) is 23.0. The summed E-state index contributed by atoms with van der Waals surface area (Å²) in [6.45, 7) is 7.48. The van der Waals surface area contributed by atoms with Crippen LogP contribution in [0.4, 0.5) is 13.2 Å². The topological polar surface area (TPSA) is 79.7 Å². The van der Waals surface area contributed by atoms with Crippen LogP contribution >= 0.6 is 0 Å². The van der Waals surface area contributed by atoms with Gasteiger partial charge in [-0.2, -0.15) is 13.2 Å². The van der Waals surface area contributed by atoms with Gasteiger partial charge in [-0.25, -0.2) is 9.59 Å². The molecule has 0 spiro atoms. The van der Waals surface area contributed by atoms with Gasteiger partial charge in [-0.05, 0) is 82.3 Å². The van der Waals surface area contributed by atoms with Gasteiger partial charge in [0.2, 0.25) is 0 Å². The van der Waals surface area contributed by atoms with Crippen molar-refractivity contribution in [2.24, 2.45) is 0 Å². The average molecular weight is 567 g/mol. The van der Waals surface area contributed by atoms with Crippen molar-refractivity contribution in [3.63, 3.8) is 0 Å². The van der Waals surface area contributed by atoms with E-state index in [9.17, 15) is 22.8 Å². The lowest BCUT2D eigenvalue weighted by Crippen LogP contribution is -2.12. The van der Waals surface area contributed by atoms with Crippen LogP contribution in [0.3, 0.4) is 0 Å². The smallest absolute Gasteiger partial charge is 0.417 e. The Bertz CT molecular complexity index is 1570. The van der Waals surface area contributed by atoms with Gasteiger partial charge in [-0.15, -0.1) is 0 Å². The number of ether oxygens (including phenoxy) is 3. The second-order valence-electron chi connectivity index (χ2n) is 9.23. The summed E-state index contributed by atoms with van der Waals surface area (Å²) in [6.07, 6.45) is -1.07. The predicted molar refractivity (Wildman–Crippen MR) is 149 cm³/mol. The fraction of sp³-hybridized carbons (Fsp3) is 0.258. The molecule has 0 radical (unpaired) electrons. The number of halogens is 3. The second kappa shape index (κ2) is 12.3. The SMILES string of the molecule is CCOC(=O)C=Cc1c(C(=O)OCC)n(-c2ccc(OC(C)C)cc2)c2ccc(-c3ccc(C(F)(F)F)cn3)cc12. The van der Waals surface area contributed by atoms with Crippen molar-refractivity contribution in [3.8, 4) is 22.7 Å². The molecule has 0 saturated heterocycles. The van der Waals surface area contributed by atoms with E-state index in [4.69, 9.17) is 14.2 Å². The van der Waals surface area contributed by atoms with Crippen molar-refractivity contribution in [2.75, 3.05) is 13.2 Å². The minimum absolute atomic E-state index is 0.0276. The van der Waals surface area contributed by atoms with Crippen molar-refractivity contribution in [3.05, 3.63) is 83.7 Å². The molecule has 4 rings (SSSR count). The number of hydrogen-bond donors (Lipinski definition) is 0. The lowest BCUT2D eigenvalue weighted by atomic mass is 10.0. The molecule has 0 bridgehead atoms. The Kier molecular flexibility index (Phi) is 8.80. The molecule has 0 atom stereocenters. The first-order chi connectivity index (χ1) is 19.5. The van der Waals surface area contributed by atoms with Crippen molar-refractivity contribution >= 4 is 28.9 Å². The maximum atomic E-state index is 13.4. The van der Waals surface area contributed by atoms with Crippen molar-refractivity contribution in [1.82, 2.24) is 9.55 Å². The quantitative estimate of drug-likeness (QED) is 0.157. The monoisotopic (exact) mass is 566 g/mol. The van der Waals surface area contributed by atoms with Gasteiger partial charge in [0.25, 0.3) is 0 Å². The summed E-state index contributed by atoms with van der Waals surface area (Å²) in [7, 11) is 0. The molecule has 0 unspecified atom stereocenters. The Morgan fingerprint density at radius 2 is 1.68 bits per heavy atom. The van der Waals surface area contributed by atoms with Crippen LogP contribution in [0.15, 0.2) is 66.9 Å². The molecular formula is C31H29F3N2O5. The third-order valence-electron chi connectivity index (χ3n) is 6.00. The molecule has 10 heteroatoms. The normalized spacial score (nSPS) is 11.8. The van der Waals surface area contributed by atoms with Crippen LogP contribution in [-0.2, 0) is 20.4 Å². The molecule has 0 aliphatic carbocycles. The Morgan fingerprint density at radius 1 is 0.976 bits per heavy atom. The van der Waals surface area contributed by atoms with Crippen molar-refractivity contribution < 1.29 is 37.0 Å². The van der Waals surface area contributed by atoms with Gasteiger partial charge in [0.1, 0.15) is 11.4 Å². The van der Waals surface area contributed by atoms with Crippen LogP contribution in [0, 0.1) is 0 Å². The molecule has 0 aliphatic rings. The number of alkyl halides is 3. The first kappa shape index (κ1) is 29.4. The van der Waals surface area contributed by atoms with Gasteiger partial charge in [-0.1, -0.05) is 6.07 Å². The number of aromatic nitrogens is 2. The van der Waals surface area contributed by atoms with Gasteiger partial charge < -0.3 is 18.8 Å². The van der Waals surface area contributed by atoms with Crippen LogP contribution in [0.25, 0.3) is 33.9 Å². The number of rotatable bonds is 9. The molecule has 0 saturated carbocycles. The molecule has 0 fully saturated rings. The number of esters is 2. The van der Waals surface area contributed by atoms with Crippen LogP contribution in [-0.4, -0.2) is 40.8 Å². The molecule has 2 aromatic carbocycles. The zero-order chi connectivity index (χ0) is 29.7. The van der Waals surface area contributed by atoms with E-state index in [1.54, 1.807) is 60.9 Å². The van der Waals surface area contributed by atoms with Gasteiger partial charge in [0.05, 0.1) is 36.1 Å². The van der Waals surface area contributed by atoms with Crippen LogP contribution in [0.1, 0.15) is 49.3 Å². The number of carbonyl (C=O) groups excluding carboxylic acids is 2. The van der Waals surface area contributed by atoms with Gasteiger partial charge >= 0.3 is 18.1 Å². The zero-order valence-electron chi connectivity index (χ0n) is 23.0. The van der Waals surface area contributed by atoms with Crippen molar-refractivity contribution in [2.45, 2.75) is 40.0 Å². The molecule has 4 aromatic rings. The van der Waals surface area contributed by atoms with E-state index in [1.807, 2.05) is 13.8 Å². The molecule has 2 heterocycles. The first-order valence-corrected chi connectivity index (χ1v) is 13.0. The minimum atomic E-state index is -4.51. The minimum Gasteiger partial charge on any atom is -0.491 e. The fourth-order valence-corrected chi connectivity index (χ4v) is 4.33. The Balaban J connectivity index is 1.96. The van der Waals surface area contributed by atoms with E-state index < -0.39 is 23.7 Å². The summed E-state index contributed by atoms with van der Waals surface area (Å²) in [4.78, 5) is 29.6.